The van der Waals surface area contributed by atoms with E-state index in [2.05, 4.69) is 0 Å². The smallest absolute Gasteiger partial charge is 0.232 e. The molecule has 0 bridgehead atoms. The molecule has 0 aliphatic rings. The van der Waals surface area contributed by atoms with Crippen molar-refractivity contribution >= 4 is 21.4 Å². The maximum absolute atomic E-state index is 11.5. The van der Waals surface area contributed by atoms with Crippen molar-refractivity contribution in [1.82, 2.24) is 0 Å². The van der Waals surface area contributed by atoms with Crippen LogP contribution in [0.5, 0.6) is 5.75 Å². The summed E-state index contributed by atoms with van der Waals surface area (Å²) in [5.74, 6) is 0.555. The number of ether oxygens (including phenoxy) is 2. The molecule has 1 rings (SSSR count). The van der Waals surface area contributed by atoms with Crippen molar-refractivity contribution in [1.29, 1.82) is 0 Å². The molecule has 6 nitrogen and oxygen atoms in total. The Kier molecular flexibility index (Phi) is 5.44. The van der Waals surface area contributed by atoms with Gasteiger partial charge in [0.25, 0.3) is 0 Å². The molecule has 2 N–H and O–H groups in total. The van der Waals surface area contributed by atoms with Gasteiger partial charge in [-0.15, -0.1) is 0 Å². The molecule has 0 spiro atoms. The van der Waals surface area contributed by atoms with Crippen molar-refractivity contribution in [2.24, 2.45) is 0 Å². The van der Waals surface area contributed by atoms with Crippen molar-refractivity contribution in [2.75, 3.05) is 43.2 Å². The number of hydrogen-bond acceptors (Lipinski definition) is 5. The van der Waals surface area contributed by atoms with Crippen molar-refractivity contribution < 1.29 is 17.9 Å². The largest absolute Gasteiger partial charge is 0.491 e. The van der Waals surface area contributed by atoms with E-state index in [1.807, 2.05) is 6.92 Å². The molecule has 0 saturated carbocycles. The van der Waals surface area contributed by atoms with Crippen molar-refractivity contribution in [2.45, 2.75) is 6.92 Å². The molecule has 0 radical (unpaired) electrons. The number of nitrogens with two attached hydrogens (primary N) is 1. The number of hydrogen-bond donors (Lipinski definition) is 1. The van der Waals surface area contributed by atoms with E-state index in [9.17, 15) is 8.42 Å². The lowest BCUT2D eigenvalue weighted by molar-refractivity contribution is 0.110. The quantitative estimate of drug-likeness (QED) is 0.599. The van der Waals surface area contributed by atoms with Crippen LogP contribution in [0.2, 0.25) is 0 Å². The first-order valence-electron chi connectivity index (χ1n) is 5.90. The standard InChI is InChI=1S/C12H20N2O4S/c1-4-17-7-8-18-10-5-6-11(13)12(9-10)14(2)19(3,15)16/h5-6,9H,4,7-8,13H2,1-3H3. The van der Waals surface area contributed by atoms with Gasteiger partial charge in [0, 0.05) is 19.7 Å². The maximum atomic E-state index is 11.5. The van der Waals surface area contributed by atoms with E-state index in [4.69, 9.17) is 15.2 Å². The first-order valence-corrected chi connectivity index (χ1v) is 7.75. The summed E-state index contributed by atoms with van der Waals surface area (Å²) in [5.41, 5.74) is 6.56. The first kappa shape index (κ1) is 15.6. The first-order chi connectivity index (χ1) is 8.86. The summed E-state index contributed by atoms with van der Waals surface area (Å²) >= 11 is 0. The number of sulfonamides is 1. The highest BCUT2D eigenvalue weighted by molar-refractivity contribution is 7.92. The molecule has 1 aromatic rings. The molecule has 0 aliphatic carbocycles. The molecular weight excluding hydrogens is 268 g/mol. The number of nitrogens with zero attached hydrogens (tertiary/aromatic N) is 1. The van der Waals surface area contributed by atoms with Gasteiger partial charge in [-0.1, -0.05) is 0 Å². The lowest BCUT2D eigenvalue weighted by atomic mass is 10.2. The van der Waals surface area contributed by atoms with Gasteiger partial charge >= 0.3 is 0 Å². The maximum Gasteiger partial charge on any atom is 0.232 e. The molecule has 108 valence electrons. The van der Waals surface area contributed by atoms with E-state index in [1.165, 1.54) is 7.05 Å². The molecule has 0 aromatic heterocycles. The summed E-state index contributed by atoms with van der Waals surface area (Å²) in [7, 11) is -1.90. The summed E-state index contributed by atoms with van der Waals surface area (Å²) in [4.78, 5) is 0. The third kappa shape index (κ3) is 4.60. The minimum Gasteiger partial charge on any atom is -0.491 e. The molecule has 0 unspecified atom stereocenters. The molecule has 19 heavy (non-hydrogen) atoms. The molecular formula is C12H20N2O4S. The minimum absolute atomic E-state index is 0.380. The third-order valence-corrected chi connectivity index (χ3v) is 3.73. The fourth-order valence-corrected chi connectivity index (χ4v) is 1.94. The molecule has 0 fully saturated rings. The molecule has 0 heterocycles. The number of nitrogen functional groups attached to an aromatic ring is 1. The van der Waals surface area contributed by atoms with Crippen LogP contribution in [0.1, 0.15) is 6.92 Å². The van der Waals surface area contributed by atoms with Gasteiger partial charge in [-0.05, 0) is 19.1 Å². The molecule has 0 aliphatic heterocycles. The summed E-state index contributed by atoms with van der Waals surface area (Å²) in [6.45, 7) is 3.42. The van der Waals surface area contributed by atoms with Crippen LogP contribution in [0, 0.1) is 0 Å². The summed E-state index contributed by atoms with van der Waals surface area (Å²) < 4.78 is 34.8. The Morgan fingerprint density at radius 2 is 2.00 bits per heavy atom. The second-order valence-corrected chi connectivity index (χ2v) is 6.01. The van der Waals surface area contributed by atoms with Crippen LogP contribution in [-0.4, -0.2) is 41.5 Å². The predicted molar refractivity (Wildman–Crippen MR) is 76.1 cm³/mol. The van der Waals surface area contributed by atoms with Gasteiger partial charge in [-0.2, -0.15) is 0 Å². The second kappa shape index (κ2) is 6.63. The van der Waals surface area contributed by atoms with E-state index in [1.54, 1.807) is 18.2 Å². The van der Waals surface area contributed by atoms with Gasteiger partial charge in [0.05, 0.1) is 24.2 Å². The van der Waals surface area contributed by atoms with E-state index >= 15 is 0 Å². The molecule has 7 heteroatoms. The van der Waals surface area contributed by atoms with E-state index in [-0.39, 0.29) is 0 Å². The number of anilines is 2. The molecule has 0 atom stereocenters. The Bertz CT molecular complexity index is 516. The number of benzene rings is 1. The van der Waals surface area contributed by atoms with Crippen LogP contribution in [-0.2, 0) is 14.8 Å². The van der Waals surface area contributed by atoms with Crippen LogP contribution in [0.15, 0.2) is 18.2 Å². The lowest BCUT2D eigenvalue weighted by Crippen LogP contribution is -2.25. The minimum atomic E-state index is -3.35. The second-order valence-electron chi connectivity index (χ2n) is 4.00. The summed E-state index contributed by atoms with van der Waals surface area (Å²) in [5, 5.41) is 0. The Labute approximate surface area is 114 Å². The van der Waals surface area contributed by atoms with Crippen molar-refractivity contribution in [3.63, 3.8) is 0 Å². The van der Waals surface area contributed by atoms with Crippen LogP contribution in [0.25, 0.3) is 0 Å². The zero-order valence-electron chi connectivity index (χ0n) is 11.4. The topological polar surface area (TPSA) is 81.9 Å². The Balaban J connectivity index is 2.83. The third-order valence-electron chi connectivity index (χ3n) is 2.54. The van der Waals surface area contributed by atoms with Gasteiger partial charge in [0.15, 0.2) is 0 Å². The fraction of sp³-hybridized carbons (Fsp3) is 0.500. The zero-order chi connectivity index (χ0) is 14.5. The summed E-state index contributed by atoms with van der Waals surface area (Å²) in [6, 6.07) is 4.91. The zero-order valence-corrected chi connectivity index (χ0v) is 12.2. The van der Waals surface area contributed by atoms with Gasteiger partial charge in [-0.3, -0.25) is 4.31 Å². The Hall–Kier alpha value is -1.47. The molecule has 0 saturated heterocycles. The molecule has 1 aromatic carbocycles. The van der Waals surface area contributed by atoms with Gasteiger partial charge < -0.3 is 15.2 Å². The lowest BCUT2D eigenvalue weighted by Gasteiger charge is -2.19. The number of rotatable bonds is 7. The van der Waals surface area contributed by atoms with Crippen molar-refractivity contribution in [3.8, 4) is 5.75 Å². The molecule has 0 amide bonds. The van der Waals surface area contributed by atoms with E-state index in [0.717, 1.165) is 10.6 Å². The van der Waals surface area contributed by atoms with Crippen LogP contribution < -0.4 is 14.8 Å². The SMILES string of the molecule is CCOCCOc1ccc(N)c(N(C)S(C)(=O)=O)c1. The normalized spacial score (nSPS) is 11.3. The fourth-order valence-electron chi connectivity index (χ4n) is 1.43. The van der Waals surface area contributed by atoms with E-state index < -0.39 is 10.0 Å². The Morgan fingerprint density at radius 1 is 1.32 bits per heavy atom. The van der Waals surface area contributed by atoms with Gasteiger partial charge in [-0.25, -0.2) is 8.42 Å². The Morgan fingerprint density at radius 3 is 2.58 bits per heavy atom. The van der Waals surface area contributed by atoms with Crippen LogP contribution in [0.3, 0.4) is 0 Å². The predicted octanol–water partition coefficient (Wildman–Crippen LogP) is 1.08. The average molecular weight is 288 g/mol. The van der Waals surface area contributed by atoms with E-state index in [0.29, 0.717) is 36.9 Å². The summed E-state index contributed by atoms with van der Waals surface area (Å²) in [6.07, 6.45) is 1.12. The van der Waals surface area contributed by atoms with Gasteiger partial charge in [0.2, 0.25) is 10.0 Å². The average Bonchev–Trinajstić information content (AvgIpc) is 2.34. The monoisotopic (exact) mass is 288 g/mol. The van der Waals surface area contributed by atoms with Crippen LogP contribution >= 0.6 is 0 Å². The van der Waals surface area contributed by atoms with Gasteiger partial charge in [0.1, 0.15) is 12.4 Å². The van der Waals surface area contributed by atoms with Crippen molar-refractivity contribution in [3.05, 3.63) is 18.2 Å². The highest BCUT2D eigenvalue weighted by atomic mass is 32.2. The highest BCUT2D eigenvalue weighted by Gasteiger charge is 2.15. The highest BCUT2D eigenvalue weighted by Crippen LogP contribution is 2.28. The van der Waals surface area contributed by atoms with Crippen LogP contribution in [0.4, 0.5) is 11.4 Å².